The van der Waals surface area contributed by atoms with Gasteiger partial charge in [0.1, 0.15) is 5.60 Å². The van der Waals surface area contributed by atoms with Crippen LogP contribution in [-0.4, -0.2) is 38.5 Å². The Hall–Kier alpha value is -0.120. The molecule has 0 unspecified atom stereocenters. The van der Waals surface area contributed by atoms with E-state index in [1.54, 1.807) is 14.2 Å². The summed E-state index contributed by atoms with van der Waals surface area (Å²) < 4.78 is 11.0. The third-order valence-corrected chi connectivity index (χ3v) is 3.26. The molecule has 3 heteroatoms. The zero-order valence-corrected chi connectivity index (χ0v) is 8.44. The Morgan fingerprint density at radius 1 is 1.08 bits per heavy atom. The van der Waals surface area contributed by atoms with Crippen molar-refractivity contribution < 1.29 is 9.47 Å². The smallest absolute Gasteiger partial charge is 0.106 e. The highest BCUT2D eigenvalue weighted by molar-refractivity contribution is 5.01. The van der Waals surface area contributed by atoms with Gasteiger partial charge in [-0.25, -0.2) is 0 Å². The first-order valence-electron chi connectivity index (χ1n) is 4.39. The summed E-state index contributed by atoms with van der Waals surface area (Å²) in [5.74, 6) is 0. The van der Waals surface area contributed by atoms with E-state index in [2.05, 4.69) is 19.2 Å². The van der Waals surface area contributed by atoms with Gasteiger partial charge in [0.15, 0.2) is 0 Å². The van der Waals surface area contributed by atoms with Crippen molar-refractivity contribution >= 4 is 0 Å². The highest BCUT2D eigenvalue weighted by Crippen LogP contribution is 2.33. The van der Waals surface area contributed by atoms with Crippen molar-refractivity contribution in [1.29, 1.82) is 0 Å². The molecule has 1 saturated heterocycles. The van der Waals surface area contributed by atoms with Gasteiger partial charge in [-0.2, -0.15) is 0 Å². The van der Waals surface area contributed by atoms with Crippen molar-refractivity contribution in [3.8, 4) is 0 Å². The van der Waals surface area contributed by atoms with E-state index in [0.29, 0.717) is 0 Å². The largest absolute Gasteiger partial charge is 0.375 e. The molecule has 2 atom stereocenters. The number of nitrogens with one attached hydrogen (secondary N) is 1. The van der Waals surface area contributed by atoms with E-state index < -0.39 is 0 Å². The van der Waals surface area contributed by atoms with Crippen molar-refractivity contribution in [2.45, 2.75) is 31.5 Å². The van der Waals surface area contributed by atoms with E-state index in [1.807, 2.05) is 0 Å². The molecule has 3 nitrogen and oxygen atoms in total. The van der Waals surface area contributed by atoms with E-state index in [1.165, 1.54) is 0 Å². The summed E-state index contributed by atoms with van der Waals surface area (Å²) in [7, 11) is 3.49. The summed E-state index contributed by atoms with van der Waals surface area (Å²) >= 11 is 0. The second-order valence-corrected chi connectivity index (χ2v) is 3.80. The van der Waals surface area contributed by atoms with Crippen molar-refractivity contribution in [1.82, 2.24) is 5.32 Å². The lowest BCUT2D eigenvalue weighted by atomic mass is 9.80. The third kappa shape index (κ3) is 1.37. The molecule has 1 aliphatic heterocycles. The molecule has 0 spiro atoms. The Kier molecular flexibility index (Phi) is 2.76. The van der Waals surface area contributed by atoms with Crippen LogP contribution in [0.25, 0.3) is 0 Å². The molecule has 1 rings (SSSR count). The lowest BCUT2D eigenvalue weighted by Crippen LogP contribution is -2.62. The summed E-state index contributed by atoms with van der Waals surface area (Å²) in [5.41, 5.74) is -0.368. The molecule has 72 valence electrons. The van der Waals surface area contributed by atoms with Crippen LogP contribution >= 0.6 is 0 Å². The first kappa shape index (κ1) is 9.96. The van der Waals surface area contributed by atoms with Gasteiger partial charge in [-0.3, -0.25) is 0 Å². The standard InChI is InChI=1S/C9H19NO2/c1-8(11-3)5-6-10-7-9(8,2)12-4/h10H,5-7H2,1-4H3/t8-,9+/m0/s1. The first-order valence-corrected chi connectivity index (χ1v) is 4.39. The van der Waals surface area contributed by atoms with E-state index in [9.17, 15) is 0 Å². The predicted molar refractivity (Wildman–Crippen MR) is 48.3 cm³/mol. The quantitative estimate of drug-likeness (QED) is 0.669. The summed E-state index contributed by atoms with van der Waals surface area (Å²) in [6.07, 6.45) is 0.994. The van der Waals surface area contributed by atoms with E-state index in [-0.39, 0.29) is 11.2 Å². The maximum atomic E-state index is 5.52. The van der Waals surface area contributed by atoms with Crippen LogP contribution in [-0.2, 0) is 9.47 Å². The van der Waals surface area contributed by atoms with Crippen LogP contribution in [0, 0.1) is 0 Å². The van der Waals surface area contributed by atoms with Gasteiger partial charge in [-0.1, -0.05) is 0 Å². The summed E-state index contributed by atoms with van der Waals surface area (Å²) in [6.45, 7) is 6.05. The SMILES string of the molecule is CO[C@]1(C)CNCC[C@]1(C)OC. The lowest BCUT2D eigenvalue weighted by Gasteiger charge is -2.47. The Morgan fingerprint density at radius 2 is 1.67 bits per heavy atom. The number of methoxy groups -OCH3 is 2. The molecule has 1 N–H and O–H groups in total. The molecule has 0 aromatic carbocycles. The molecule has 0 saturated carbocycles. The van der Waals surface area contributed by atoms with Gasteiger partial charge in [0.25, 0.3) is 0 Å². The molecule has 0 amide bonds. The van der Waals surface area contributed by atoms with Crippen LogP contribution in [0.15, 0.2) is 0 Å². The Morgan fingerprint density at radius 3 is 2.08 bits per heavy atom. The number of hydrogen-bond donors (Lipinski definition) is 1. The van der Waals surface area contributed by atoms with Gasteiger partial charge in [0.05, 0.1) is 5.60 Å². The van der Waals surface area contributed by atoms with Gasteiger partial charge in [-0.15, -0.1) is 0 Å². The fraction of sp³-hybridized carbons (Fsp3) is 1.00. The van der Waals surface area contributed by atoms with Crippen LogP contribution < -0.4 is 5.32 Å². The molecule has 0 aliphatic carbocycles. The van der Waals surface area contributed by atoms with Gasteiger partial charge in [0.2, 0.25) is 0 Å². The summed E-state index contributed by atoms with van der Waals surface area (Å²) in [4.78, 5) is 0. The Bertz CT molecular complexity index is 145. The molecule has 0 aromatic rings. The van der Waals surface area contributed by atoms with Gasteiger partial charge >= 0.3 is 0 Å². The maximum Gasteiger partial charge on any atom is 0.106 e. The minimum atomic E-state index is -0.208. The highest BCUT2D eigenvalue weighted by Gasteiger charge is 2.47. The van der Waals surface area contributed by atoms with Crippen LogP contribution in [0.5, 0.6) is 0 Å². The van der Waals surface area contributed by atoms with E-state index in [0.717, 1.165) is 19.5 Å². The molecule has 0 aromatic heterocycles. The number of rotatable bonds is 2. The van der Waals surface area contributed by atoms with Crippen LogP contribution in [0.4, 0.5) is 0 Å². The van der Waals surface area contributed by atoms with E-state index >= 15 is 0 Å². The van der Waals surface area contributed by atoms with Crippen molar-refractivity contribution in [3.63, 3.8) is 0 Å². The molecule has 12 heavy (non-hydrogen) atoms. The topological polar surface area (TPSA) is 30.5 Å². The van der Waals surface area contributed by atoms with Crippen LogP contribution in [0.1, 0.15) is 20.3 Å². The molecular formula is C9H19NO2. The van der Waals surface area contributed by atoms with Gasteiger partial charge < -0.3 is 14.8 Å². The summed E-state index contributed by atoms with van der Waals surface area (Å²) in [5, 5.41) is 3.31. The molecule has 0 radical (unpaired) electrons. The second-order valence-electron chi connectivity index (χ2n) is 3.80. The zero-order chi connectivity index (χ0) is 9.24. The number of piperidine rings is 1. The van der Waals surface area contributed by atoms with Gasteiger partial charge in [-0.05, 0) is 26.8 Å². The minimum Gasteiger partial charge on any atom is -0.375 e. The van der Waals surface area contributed by atoms with Crippen molar-refractivity contribution in [3.05, 3.63) is 0 Å². The van der Waals surface area contributed by atoms with Crippen LogP contribution in [0.2, 0.25) is 0 Å². The predicted octanol–water partition coefficient (Wildman–Crippen LogP) is 0.790. The Labute approximate surface area is 74.4 Å². The Balaban J connectivity index is 2.79. The van der Waals surface area contributed by atoms with Gasteiger partial charge in [0, 0.05) is 20.8 Å². The van der Waals surface area contributed by atoms with Crippen LogP contribution in [0.3, 0.4) is 0 Å². The monoisotopic (exact) mass is 173 g/mol. The summed E-state index contributed by atoms with van der Waals surface area (Å²) in [6, 6.07) is 0. The molecule has 1 fully saturated rings. The average Bonchev–Trinajstić information content (AvgIpc) is 2.10. The maximum absolute atomic E-state index is 5.52. The zero-order valence-electron chi connectivity index (χ0n) is 8.44. The number of ether oxygens (including phenoxy) is 2. The fourth-order valence-electron chi connectivity index (χ4n) is 1.71. The molecule has 1 heterocycles. The normalized spacial score (nSPS) is 43.0. The van der Waals surface area contributed by atoms with E-state index in [4.69, 9.17) is 9.47 Å². The molecule has 0 bridgehead atoms. The lowest BCUT2D eigenvalue weighted by molar-refractivity contribution is -0.179. The molecule has 1 aliphatic rings. The highest BCUT2D eigenvalue weighted by atomic mass is 16.5. The minimum absolute atomic E-state index is 0.160. The number of hydrogen-bond acceptors (Lipinski definition) is 3. The second kappa shape index (κ2) is 3.32. The van der Waals surface area contributed by atoms with Crippen molar-refractivity contribution in [2.75, 3.05) is 27.3 Å². The molecular weight excluding hydrogens is 154 g/mol. The first-order chi connectivity index (χ1) is 5.58. The fourth-order valence-corrected chi connectivity index (χ4v) is 1.71. The average molecular weight is 173 g/mol. The van der Waals surface area contributed by atoms with Crippen molar-refractivity contribution in [2.24, 2.45) is 0 Å². The third-order valence-electron chi connectivity index (χ3n) is 3.26.